The van der Waals surface area contributed by atoms with E-state index in [-0.39, 0.29) is 5.91 Å². The maximum atomic E-state index is 13.0. The molecular formula is C24H32N2O4. The SMILES string of the molecule is COc1cccc(N2CCN(C(=O)c3ccc(OCCC(C)C)c(OC)c3)CC2)c1. The molecule has 162 valence electrons. The Morgan fingerprint density at radius 3 is 2.40 bits per heavy atom. The van der Waals surface area contributed by atoms with Crippen LogP contribution in [0, 0.1) is 5.92 Å². The van der Waals surface area contributed by atoms with E-state index in [1.165, 1.54) is 0 Å². The van der Waals surface area contributed by atoms with Gasteiger partial charge in [0.25, 0.3) is 5.91 Å². The molecule has 0 unspecified atom stereocenters. The highest BCUT2D eigenvalue weighted by Gasteiger charge is 2.23. The highest BCUT2D eigenvalue weighted by Crippen LogP contribution is 2.29. The number of rotatable bonds is 8. The molecule has 0 spiro atoms. The van der Waals surface area contributed by atoms with Crippen molar-refractivity contribution in [3.05, 3.63) is 48.0 Å². The van der Waals surface area contributed by atoms with Crippen molar-refractivity contribution in [2.45, 2.75) is 20.3 Å². The molecule has 0 aliphatic carbocycles. The van der Waals surface area contributed by atoms with Crippen LogP contribution < -0.4 is 19.1 Å². The lowest BCUT2D eigenvalue weighted by atomic mass is 10.1. The van der Waals surface area contributed by atoms with Crippen LogP contribution in [0.2, 0.25) is 0 Å². The highest BCUT2D eigenvalue weighted by atomic mass is 16.5. The van der Waals surface area contributed by atoms with E-state index in [2.05, 4.69) is 24.8 Å². The predicted octanol–water partition coefficient (Wildman–Crippen LogP) is 4.09. The van der Waals surface area contributed by atoms with Crippen LogP contribution in [0.25, 0.3) is 0 Å². The summed E-state index contributed by atoms with van der Waals surface area (Å²) in [7, 11) is 3.27. The van der Waals surface area contributed by atoms with Crippen molar-refractivity contribution >= 4 is 11.6 Å². The van der Waals surface area contributed by atoms with Crippen LogP contribution >= 0.6 is 0 Å². The van der Waals surface area contributed by atoms with Gasteiger partial charge in [-0.3, -0.25) is 4.79 Å². The molecule has 0 saturated carbocycles. The number of amides is 1. The highest BCUT2D eigenvalue weighted by molar-refractivity contribution is 5.95. The molecule has 1 fully saturated rings. The summed E-state index contributed by atoms with van der Waals surface area (Å²) in [5.74, 6) is 2.71. The minimum Gasteiger partial charge on any atom is -0.497 e. The topological polar surface area (TPSA) is 51.2 Å². The number of methoxy groups -OCH3 is 2. The van der Waals surface area contributed by atoms with Crippen LogP contribution in [-0.2, 0) is 0 Å². The second-order valence-corrected chi connectivity index (χ2v) is 7.88. The van der Waals surface area contributed by atoms with Crippen molar-refractivity contribution in [3.8, 4) is 17.2 Å². The second-order valence-electron chi connectivity index (χ2n) is 7.88. The summed E-state index contributed by atoms with van der Waals surface area (Å²) in [5.41, 5.74) is 1.74. The number of ether oxygens (including phenoxy) is 3. The Morgan fingerprint density at radius 1 is 0.967 bits per heavy atom. The molecule has 6 heteroatoms. The summed E-state index contributed by atoms with van der Waals surface area (Å²) >= 11 is 0. The van der Waals surface area contributed by atoms with E-state index < -0.39 is 0 Å². The fourth-order valence-electron chi connectivity index (χ4n) is 3.48. The standard InChI is InChI=1S/C24H32N2O4/c1-18(2)10-15-30-22-9-8-19(16-23(22)29-4)24(27)26-13-11-25(12-14-26)20-6-5-7-21(17-20)28-3/h5-9,16-18H,10-15H2,1-4H3. The monoisotopic (exact) mass is 412 g/mol. The minimum absolute atomic E-state index is 0.0207. The zero-order valence-electron chi connectivity index (χ0n) is 18.4. The molecule has 0 radical (unpaired) electrons. The van der Waals surface area contributed by atoms with Crippen molar-refractivity contribution in [1.29, 1.82) is 0 Å². The number of carbonyl (C=O) groups is 1. The minimum atomic E-state index is 0.0207. The molecular weight excluding hydrogens is 380 g/mol. The normalized spacial score (nSPS) is 14.0. The van der Waals surface area contributed by atoms with E-state index in [9.17, 15) is 4.79 Å². The van der Waals surface area contributed by atoms with E-state index in [0.717, 1.165) is 30.9 Å². The van der Waals surface area contributed by atoms with Crippen LogP contribution in [-0.4, -0.2) is 57.8 Å². The van der Waals surface area contributed by atoms with Crippen molar-refractivity contribution in [2.24, 2.45) is 5.92 Å². The summed E-state index contributed by atoms with van der Waals surface area (Å²) in [5, 5.41) is 0. The van der Waals surface area contributed by atoms with Crippen molar-refractivity contribution < 1.29 is 19.0 Å². The molecule has 1 aliphatic heterocycles. The molecule has 2 aromatic carbocycles. The summed E-state index contributed by atoms with van der Waals surface area (Å²) in [6.07, 6.45) is 0.974. The third-order valence-corrected chi connectivity index (χ3v) is 5.35. The molecule has 1 aliphatic rings. The third kappa shape index (κ3) is 5.38. The van der Waals surface area contributed by atoms with Crippen molar-refractivity contribution in [1.82, 2.24) is 4.90 Å². The number of benzene rings is 2. The number of nitrogens with zero attached hydrogens (tertiary/aromatic N) is 2. The van der Waals surface area contributed by atoms with Gasteiger partial charge in [-0.15, -0.1) is 0 Å². The Balaban J connectivity index is 1.61. The van der Waals surface area contributed by atoms with Crippen LogP contribution in [0.3, 0.4) is 0 Å². The molecule has 2 aromatic rings. The van der Waals surface area contributed by atoms with Gasteiger partial charge in [-0.05, 0) is 42.7 Å². The predicted molar refractivity (Wildman–Crippen MR) is 119 cm³/mol. The molecule has 0 atom stereocenters. The molecule has 1 saturated heterocycles. The van der Waals surface area contributed by atoms with E-state index in [1.54, 1.807) is 20.3 Å². The molecule has 30 heavy (non-hydrogen) atoms. The van der Waals surface area contributed by atoms with Crippen molar-refractivity contribution in [3.63, 3.8) is 0 Å². The zero-order chi connectivity index (χ0) is 21.5. The van der Waals surface area contributed by atoms with Gasteiger partial charge in [-0.1, -0.05) is 19.9 Å². The summed E-state index contributed by atoms with van der Waals surface area (Å²) < 4.78 is 16.6. The molecule has 0 N–H and O–H groups in total. The van der Waals surface area contributed by atoms with E-state index in [4.69, 9.17) is 14.2 Å². The molecule has 1 heterocycles. The first kappa shape index (κ1) is 21.8. The fourth-order valence-corrected chi connectivity index (χ4v) is 3.48. The van der Waals surface area contributed by atoms with Gasteiger partial charge < -0.3 is 24.0 Å². The molecule has 3 rings (SSSR count). The van der Waals surface area contributed by atoms with Gasteiger partial charge >= 0.3 is 0 Å². The fraction of sp³-hybridized carbons (Fsp3) is 0.458. The lowest BCUT2D eigenvalue weighted by Gasteiger charge is -2.36. The van der Waals surface area contributed by atoms with Crippen LogP contribution in [0.5, 0.6) is 17.2 Å². The molecule has 0 bridgehead atoms. The Hall–Kier alpha value is -2.89. The third-order valence-electron chi connectivity index (χ3n) is 5.35. The quantitative estimate of drug-likeness (QED) is 0.654. The summed E-state index contributed by atoms with van der Waals surface area (Å²) in [6.45, 7) is 7.87. The van der Waals surface area contributed by atoms with Gasteiger partial charge in [0.2, 0.25) is 0 Å². The van der Waals surface area contributed by atoms with E-state index >= 15 is 0 Å². The molecule has 6 nitrogen and oxygen atoms in total. The first-order valence-electron chi connectivity index (χ1n) is 10.5. The van der Waals surface area contributed by atoms with Gasteiger partial charge in [-0.2, -0.15) is 0 Å². The Bertz CT molecular complexity index is 845. The largest absolute Gasteiger partial charge is 0.497 e. The van der Waals surface area contributed by atoms with Gasteiger partial charge in [0.1, 0.15) is 5.75 Å². The lowest BCUT2D eigenvalue weighted by molar-refractivity contribution is 0.0746. The smallest absolute Gasteiger partial charge is 0.254 e. The van der Waals surface area contributed by atoms with Crippen LogP contribution in [0.4, 0.5) is 5.69 Å². The average Bonchev–Trinajstić information content (AvgIpc) is 2.78. The maximum Gasteiger partial charge on any atom is 0.254 e. The first-order chi connectivity index (χ1) is 14.5. The molecule has 1 amide bonds. The van der Waals surface area contributed by atoms with Crippen molar-refractivity contribution in [2.75, 3.05) is 51.9 Å². The Labute approximate surface area is 179 Å². The Morgan fingerprint density at radius 2 is 1.73 bits per heavy atom. The number of piperazine rings is 1. The van der Waals surface area contributed by atoms with Gasteiger partial charge in [0, 0.05) is 43.5 Å². The number of hydrogen-bond acceptors (Lipinski definition) is 5. The van der Waals surface area contributed by atoms with Gasteiger partial charge in [0.15, 0.2) is 11.5 Å². The van der Waals surface area contributed by atoms with Crippen LogP contribution in [0.15, 0.2) is 42.5 Å². The van der Waals surface area contributed by atoms with Gasteiger partial charge in [-0.25, -0.2) is 0 Å². The average molecular weight is 413 g/mol. The summed E-state index contributed by atoms with van der Waals surface area (Å²) in [4.78, 5) is 17.2. The number of anilines is 1. The zero-order valence-corrected chi connectivity index (χ0v) is 18.4. The Kier molecular flexibility index (Phi) is 7.44. The number of hydrogen-bond donors (Lipinski definition) is 0. The second kappa shape index (κ2) is 10.2. The number of carbonyl (C=O) groups excluding carboxylic acids is 1. The van der Waals surface area contributed by atoms with Gasteiger partial charge in [0.05, 0.1) is 20.8 Å². The first-order valence-corrected chi connectivity index (χ1v) is 10.5. The van der Waals surface area contributed by atoms with E-state index in [0.29, 0.717) is 42.7 Å². The van der Waals surface area contributed by atoms with E-state index in [1.807, 2.05) is 35.2 Å². The lowest BCUT2D eigenvalue weighted by Crippen LogP contribution is -2.48. The van der Waals surface area contributed by atoms with Crippen LogP contribution in [0.1, 0.15) is 30.6 Å². The maximum absolute atomic E-state index is 13.0. The molecule has 0 aromatic heterocycles. The summed E-state index contributed by atoms with van der Waals surface area (Å²) in [6, 6.07) is 13.5.